The lowest BCUT2D eigenvalue weighted by Gasteiger charge is -2.22. The predicted molar refractivity (Wildman–Crippen MR) is 69.0 cm³/mol. The molecule has 1 saturated heterocycles. The molecule has 17 heavy (non-hydrogen) atoms. The minimum atomic E-state index is 0.784. The van der Waals surface area contributed by atoms with Crippen LogP contribution < -0.4 is 10.6 Å². The van der Waals surface area contributed by atoms with Crippen molar-refractivity contribution in [1.82, 2.24) is 14.9 Å². The van der Waals surface area contributed by atoms with Crippen LogP contribution >= 0.6 is 0 Å². The van der Waals surface area contributed by atoms with Gasteiger partial charge in [-0.25, -0.2) is 9.97 Å². The van der Waals surface area contributed by atoms with Crippen LogP contribution in [0.3, 0.4) is 0 Å². The first-order chi connectivity index (χ1) is 8.40. The first kappa shape index (κ1) is 12.3. The van der Waals surface area contributed by atoms with Crippen molar-refractivity contribution in [2.45, 2.75) is 12.8 Å². The van der Waals surface area contributed by atoms with E-state index in [4.69, 9.17) is 5.73 Å². The highest BCUT2D eigenvalue weighted by Gasteiger charge is 2.15. The molecule has 1 aromatic rings. The molecule has 1 aromatic heterocycles. The summed E-state index contributed by atoms with van der Waals surface area (Å²) < 4.78 is 0. The zero-order valence-electron chi connectivity index (χ0n) is 10.3. The number of hydrogen-bond acceptors (Lipinski definition) is 5. The average Bonchev–Trinajstić information content (AvgIpc) is 2.63. The van der Waals surface area contributed by atoms with Gasteiger partial charge >= 0.3 is 0 Å². The van der Waals surface area contributed by atoms with Gasteiger partial charge in [0.1, 0.15) is 12.1 Å². The molecule has 0 aliphatic carbocycles. The summed E-state index contributed by atoms with van der Waals surface area (Å²) in [4.78, 5) is 13.1. The van der Waals surface area contributed by atoms with Crippen LogP contribution in [0.1, 0.15) is 12.8 Å². The molecule has 2 heterocycles. The molecular weight excluding hydrogens is 214 g/mol. The molecular formula is C12H21N5. The van der Waals surface area contributed by atoms with E-state index in [2.05, 4.69) is 19.8 Å². The normalized spacial score (nSPS) is 18.1. The maximum absolute atomic E-state index is 5.55. The number of rotatable bonds is 4. The molecule has 1 aliphatic heterocycles. The Balaban J connectivity index is 1.87. The van der Waals surface area contributed by atoms with Crippen LogP contribution in [0.4, 0.5) is 5.82 Å². The Labute approximate surface area is 103 Å². The van der Waals surface area contributed by atoms with Crippen LogP contribution in [0.15, 0.2) is 18.6 Å². The maximum atomic E-state index is 5.55. The van der Waals surface area contributed by atoms with Gasteiger partial charge in [-0.2, -0.15) is 0 Å². The van der Waals surface area contributed by atoms with Crippen molar-refractivity contribution in [3.05, 3.63) is 18.6 Å². The third-order valence-corrected chi connectivity index (χ3v) is 3.16. The summed E-state index contributed by atoms with van der Waals surface area (Å²) in [6, 6.07) is 1.98. The van der Waals surface area contributed by atoms with E-state index in [0.29, 0.717) is 0 Å². The van der Waals surface area contributed by atoms with Gasteiger partial charge in [0.05, 0.1) is 0 Å². The summed E-state index contributed by atoms with van der Waals surface area (Å²) in [6.07, 6.45) is 5.70. The van der Waals surface area contributed by atoms with Gasteiger partial charge in [-0.15, -0.1) is 0 Å². The van der Waals surface area contributed by atoms with Crippen LogP contribution in [0.25, 0.3) is 0 Å². The lowest BCUT2D eigenvalue weighted by molar-refractivity contribution is 0.291. The molecule has 94 valence electrons. The number of aromatic nitrogens is 2. The molecule has 5 heteroatoms. The molecule has 0 unspecified atom stereocenters. The van der Waals surface area contributed by atoms with Gasteiger partial charge in [-0.05, 0) is 38.5 Å². The molecule has 0 atom stereocenters. The molecule has 1 fully saturated rings. The van der Waals surface area contributed by atoms with Crippen molar-refractivity contribution in [2.24, 2.45) is 5.73 Å². The fourth-order valence-electron chi connectivity index (χ4n) is 2.21. The zero-order chi connectivity index (χ0) is 11.9. The van der Waals surface area contributed by atoms with Crippen LogP contribution in [0, 0.1) is 0 Å². The quantitative estimate of drug-likeness (QED) is 0.815. The Kier molecular flexibility index (Phi) is 4.70. The Morgan fingerprint density at radius 1 is 1.24 bits per heavy atom. The van der Waals surface area contributed by atoms with Crippen molar-refractivity contribution < 1.29 is 0 Å². The molecule has 0 amide bonds. The predicted octanol–water partition coefficient (Wildman–Crippen LogP) is 0.338. The smallest absolute Gasteiger partial charge is 0.131 e. The van der Waals surface area contributed by atoms with Gasteiger partial charge in [-0.1, -0.05) is 0 Å². The summed E-state index contributed by atoms with van der Waals surface area (Å²) >= 11 is 0. The number of nitrogens with zero attached hydrogens (tertiary/aromatic N) is 4. The van der Waals surface area contributed by atoms with Crippen molar-refractivity contribution in [3.63, 3.8) is 0 Å². The number of hydrogen-bond donors (Lipinski definition) is 1. The van der Waals surface area contributed by atoms with E-state index in [9.17, 15) is 0 Å². The number of nitrogens with two attached hydrogens (primary N) is 1. The van der Waals surface area contributed by atoms with Gasteiger partial charge in [0.2, 0.25) is 0 Å². The highest BCUT2D eigenvalue weighted by molar-refractivity contribution is 5.36. The molecule has 0 radical (unpaired) electrons. The SMILES string of the molecule is NCCCN1CCCN(c2ccncn2)CC1. The van der Waals surface area contributed by atoms with E-state index in [0.717, 1.165) is 45.0 Å². The van der Waals surface area contributed by atoms with Crippen molar-refractivity contribution in [2.75, 3.05) is 44.2 Å². The van der Waals surface area contributed by atoms with E-state index in [-0.39, 0.29) is 0 Å². The Bertz CT molecular complexity index is 316. The van der Waals surface area contributed by atoms with E-state index < -0.39 is 0 Å². The zero-order valence-corrected chi connectivity index (χ0v) is 10.3. The standard InChI is InChI=1S/C12H21N5/c13-4-1-6-16-7-2-8-17(10-9-16)12-3-5-14-11-15-12/h3,5,11H,1-2,4,6-10,13H2. The van der Waals surface area contributed by atoms with Crippen molar-refractivity contribution >= 4 is 5.82 Å². The number of anilines is 1. The second-order valence-corrected chi connectivity index (χ2v) is 4.39. The van der Waals surface area contributed by atoms with Crippen LogP contribution in [0.2, 0.25) is 0 Å². The lowest BCUT2D eigenvalue weighted by Crippen LogP contribution is -2.32. The van der Waals surface area contributed by atoms with E-state index in [1.54, 1.807) is 12.5 Å². The summed E-state index contributed by atoms with van der Waals surface area (Å²) in [5, 5.41) is 0. The highest BCUT2D eigenvalue weighted by Crippen LogP contribution is 2.12. The van der Waals surface area contributed by atoms with Crippen LogP contribution in [-0.4, -0.2) is 54.1 Å². The Hall–Kier alpha value is -1.20. The molecule has 0 spiro atoms. The highest BCUT2D eigenvalue weighted by atomic mass is 15.2. The average molecular weight is 235 g/mol. The van der Waals surface area contributed by atoms with Crippen molar-refractivity contribution in [1.29, 1.82) is 0 Å². The van der Waals surface area contributed by atoms with E-state index >= 15 is 0 Å². The molecule has 5 nitrogen and oxygen atoms in total. The van der Waals surface area contributed by atoms with E-state index in [1.807, 2.05) is 6.07 Å². The van der Waals surface area contributed by atoms with Gasteiger partial charge in [-0.3, -0.25) is 0 Å². The first-order valence-electron chi connectivity index (χ1n) is 6.33. The summed E-state index contributed by atoms with van der Waals surface area (Å²) in [5.74, 6) is 1.04. The monoisotopic (exact) mass is 235 g/mol. The molecule has 0 bridgehead atoms. The first-order valence-corrected chi connectivity index (χ1v) is 6.33. The molecule has 2 N–H and O–H groups in total. The minimum Gasteiger partial charge on any atom is -0.355 e. The summed E-state index contributed by atoms with van der Waals surface area (Å²) in [7, 11) is 0. The topological polar surface area (TPSA) is 58.3 Å². The van der Waals surface area contributed by atoms with Crippen LogP contribution in [0.5, 0.6) is 0 Å². The lowest BCUT2D eigenvalue weighted by atomic mass is 10.3. The fourth-order valence-corrected chi connectivity index (χ4v) is 2.21. The third kappa shape index (κ3) is 3.64. The fraction of sp³-hybridized carbons (Fsp3) is 0.667. The summed E-state index contributed by atoms with van der Waals surface area (Å²) in [6.45, 7) is 6.30. The van der Waals surface area contributed by atoms with Crippen LogP contribution in [-0.2, 0) is 0 Å². The Morgan fingerprint density at radius 2 is 2.18 bits per heavy atom. The molecule has 0 aromatic carbocycles. The molecule has 1 aliphatic rings. The maximum Gasteiger partial charge on any atom is 0.131 e. The minimum absolute atomic E-state index is 0.784. The van der Waals surface area contributed by atoms with Gasteiger partial charge in [0, 0.05) is 25.8 Å². The third-order valence-electron chi connectivity index (χ3n) is 3.16. The van der Waals surface area contributed by atoms with E-state index in [1.165, 1.54) is 13.0 Å². The van der Waals surface area contributed by atoms with Gasteiger partial charge < -0.3 is 15.5 Å². The largest absolute Gasteiger partial charge is 0.355 e. The molecule has 2 rings (SSSR count). The van der Waals surface area contributed by atoms with Crippen molar-refractivity contribution in [3.8, 4) is 0 Å². The van der Waals surface area contributed by atoms with Gasteiger partial charge in [0.25, 0.3) is 0 Å². The summed E-state index contributed by atoms with van der Waals surface area (Å²) in [5.41, 5.74) is 5.55. The Morgan fingerprint density at radius 3 is 2.94 bits per heavy atom. The van der Waals surface area contributed by atoms with Gasteiger partial charge in [0.15, 0.2) is 0 Å². The second-order valence-electron chi connectivity index (χ2n) is 4.39. The molecule has 0 saturated carbocycles. The second kappa shape index (κ2) is 6.51.